The van der Waals surface area contributed by atoms with Crippen LogP contribution < -0.4 is 10.1 Å². The Labute approximate surface area is 146 Å². The summed E-state index contributed by atoms with van der Waals surface area (Å²) >= 11 is 2.20. The molecular weight excluding hydrogens is 403 g/mol. The normalized spacial score (nSPS) is 18.0. The largest absolute Gasteiger partial charge is 0.497 e. The number of rotatable bonds is 4. The molecule has 1 aromatic carbocycles. The molecule has 4 nitrogen and oxygen atoms in total. The van der Waals surface area contributed by atoms with Crippen LogP contribution in [0.4, 0.5) is 0 Å². The van der Waals surface area contributed by atoms with Crippen molar-refractivity contribution in [3.63, 3.8) is 0 Å². The summed E-state index contributed by atoms with van der Waals surface area (Å²) in [5.74, 6) is 1.49. The lowest BCUT2D eigenvalue weighted by Crippen LogP contribution is -2.42. The van der Waals surface area contributed by atoms with Gasteiger partial charge in [-0.25, -0.2) is 0 Å². The second kappa shape index (κ2) is 8.80. The molecule has 6 heteroatoms. The van der Waals surface area contributed by atoms with Gasteiger partial charge in [0.15, 0.2) is 0 Å². The van der Waals surface area contributed by atoms with Crippen molar-refractivity contribution in [3.8, 4) is 5.75 Å². The number of nitrogens with zero attached hydrogens (tertiary/aromatic N) is 1. The van der Waals surface area contributed by atoms with Gasteiger partial charge in [-0.1, -0.05) is 0 Å². The Hall–Kier alpha value is -0.530. The van der Waals surface area contributed by atoms with Crippen LogP contribution in [0.1, 0.15) is 23.2 Å². The van der Waals surface area contributed by atoms with E-state index in [0.29, 0.717) is 5.92 Å². The highest BCUT2D eigenvalue weighted by Crippen LogP contribution is 2.23. The van der Waals surface area contributed by atoms with Crippen LogP contribution in [0.5, 0.6) is 5.75 Å². The van der Waals surface area contributed by atoms with Gasteiger partial charge in [-0.05, 0) is 73.1 Å². The van der Waals surface area contributed by atoms with Gasteiger partial charge < -0.3 is 15.0 Å². The molecule has 0 aliphatic carbocycles. The van der Waals surface area contributed by atoms with Gasteiger partial charge in [-0.15, -0.1) is 12.4 Å². The zero-order valence-corrected chi connectivity index (χ0v) is 15.4. The number of ether oxygens (including phenoxy) is 1. The number of amides is 1. The number of hydrogen-bond acceptors (Lipinski definition) is 3. The van der Waals surface area contributed by atoms with E-state index in [1.807, 2.05) is 30.1 Å². The molecule has 0 spiro atoms. The first kappa shape index (κ1) is 18.5. The molecule has 0 saturated carbocycles. The molecule has 1 saturated heterocycles. The first-order valence-corrected chi connectivity index (χ1v) is 8.01. The number of benzene rings is 1. The van der Waals surface area contributed by atoms with Crippen LogP contribution in [0.2, 0.25) is 0 Å². The Bertz CT molecular complexity index is 483. The van der Waals surface area contributed by atoms with Gasteiger partial charge in [-0.2, -0.15) is 0 Å². The lowest BCUT2D eigenvalue weighted by atomic mass is 9.97. The molecule has 0 radical (unpaired) electrons. The van der Waals surface area contributed by atoms with E-state index in [-0.39, 0.29) is 18.3 Å². The number of carbonyl (C=O) groups is 1. The molecule has 21 heavy (non-hydrogen) atoms. The second-order valence-electron chi connectivity index (χ2n) is 5.16. The van der Waals surface area contributed by atoms with E-state index in [4.69, 9.17) is 4.74 Å². The molecule has 1 aliphatic rings. The average molecular weight is 425 g/mol. The van der Waals surface area contributed by atoms with Crippen LogP contribution in [0.25, 0.3) is 0 Å². The van der Waals surface area contributed by atoms with Crippen molar-refractivity contribution in [2.45, 2.75) is 12.8 Å². The molecule has 1 N–H and O–H groups in total. The van der Waals surface area contributed by atoms with Gasteiger partial charge in [0.25, 0.3) is 5.91 Å². The van der Waals surface area contributed by atoms with Gasteiger partial charge in [0.05, 0.1) is 12.7 Å². The quantitative estimate of drug-likeness (QED) is 0.756. The summed E-state index contributed by atoms with van der Waals surface area (Å²) in [5, 5.41) is 3.21. The number of hydrogen-bond donors (Lipinski definition) is 1. The lowest BCUT2D eigenvalue weighted by molar-refractivity contribution is 0.0673. The number of halogens is 2. The second-order valence-corrected chi connectivity index (χ2v) is 6.33. The molecule has 0 aromatic heterocycles. The predicted octanol–water partition coefficient (Wildman–Crippen LogP) is 2.79. The standard InChI is InChI=1S/C15H21IN2O2.ClH/c1-17-9-11-4-3-7-18(10-11)15(19)13-6-5-12(20-2)8-14(13)16;/h5-6,8,11,17H,3-4,7,9-10H2,1-2H3;1H. The summed E-state index contributed by atoms with van der Waals surface area (Å²) < 4.78 is 6.13. The SMILES string of the molecule is CNCC1CCCN(C(=O)c2ccc(OC)cc2I)C1.Cl. The minimum atomic E-state index is 0. The molecule has 0 bridgehead atoms. The van der Waals surface area contributed by atoms with Crippen molar-refractivity contribution in [1.82, 2.24) is 10.2 Å². The predicted molar refractivity (Wildman–Crippen MR) is 95.5 cm³/mol. The van der Waals surface area contributed by atoms with E-state index in [2.05, 4.69) is 27.9 Å². The molecule has 1 atom stereocenters. The molecular formula is C15H22ClIN2O2. The molecule has 1 unspecified atom stereocenters. The highest BCUT2D eigenvalue weighted by molar-refractivity contribution is 14.1. The van der Waals surface area contributed by atoms with Crippen molar-refractivity contribution in [1.29, 1.82) is 0 Å². The van der Waals surface area contributed by atoms with Gasteiger partial charge in [0, 0.05) is 16.7 Å². The third kappa shape index (κ3) is 4.72. The molecule has 1 heterocycles. The first-order chi connectivity index (χ1) is 9.65. The summed E-state index contributed by atoms with van der Waals surface area (Å²) in [6.45, 7) is 2.69. The topological polar surface area (TPSA) is 41.6 Å². The zero-order chi connectivity index (χ0) is 14.5. The Morgan fingerprint density at radius 2 is 2.29 bits per heavy atom. The molecule has 118 valence electrons. The van der Waals surface area contributed by atoms with Crippen LogP contribution in [-0.2, 0) is 0 Å². The molecule has 2 rings (SSSR count). The minimum Gasteiger partial charge on any atom is -0.497 e. The van der Waals surface area contributed by atoms with Crippen molar-refractivity contribution < 1.29 is 9.53 Å². The van der Waals surface area contributed by atoms with Gasteiger partial charge in [0.2, 0.25) is 0 Å². The highest BCUT2D eigenvalue weighted by Gasteiger charge is 2.25. The Morgan fingerprint density at radius 3 is 2.90 bits per heavy atom. The van der Waals surface area contributed by atoms with Gasteiger partial charge >= 0.3 is 0 Å². The van der Waals surface area contributed by atoms with Crippen LogP contribution >= 0.6 is 35.0 Å². The smallest absolute Gasteiger partial charge is 0.254 e. The Kier molecular flexibility index (Phi) is 7.76. The number of likely N-dealkylation sites (tertiary alicyclic amines) is 1. The van der Waals surface area contributed by atoms with E-state index < -0.39 is 0 Å². The summed E-state index contributed by atoms with van der Waals surface area (Å²) in [6, 6.07) is 5.62. The zero-order valence-electron chi connectivity index (χ0n) is 12.4. The third-order valence-corrected chi connectivity index (χ3v) is 4.60. The van der Waals surface area contributed by atoms with Crippen LogP contribution in [-0.4, -0.2) is 44.6 Å². The fraction of sp³-hybridized carbons (Fsp3) is 0.533. The van der Waals surface area contributed by atoms with Crippen molar-refractivity contribution in [3.05, 3.63) is 27.3 Å². The molecule has 1 amide bonds. The van der Waals surface area contributed by atoms with E-state index in [0.717, 1.165) is 40.9 Å². The maximum absolute atomic E-state index is 12.6. The van der Waals surface area contributed by atoms with E-state index in [1.54, 1.807) is 7.11 Å². The summed E-state index contributed by atoms with van der Waals surface area (Å²) in [5.41, 5.74) is 0.775. The van der Waals surface area contributed by atoms with E-state index in [9.17, 15) is 4.79 Å². The van der Waals surface area contributed by atoms with E-state index >= 15 is 0 Å². The Balaban J connectivity index is 0.00000220. The average Bonchev–Trinajstić information content (AvgIpc) is 2.47. The lowest BCUT2D eigenvalue weighted by Gasteiger charge is -2.33. The Morgan fingerprint density at radius 1 is 1.52 bits per heavy atom. The minimum absolute atomic E-state index is 0. The summed E-state index contributed by atoms with van der Waals surface area (Å²) in [6.07, 6.45) is 2.29. The fourth-order valence-corrected chi connectivity index (χ4v) is 3.39. The number of piperidine rings is 1. The third-order valence-electron chi connectivity index (χ3n) is 3.71. The van der Waals surface area contributed by atoms with Crippen molar-refractivity contribution in [2.75, 3.05) is 33.8 Å². The number of carbonyl (C=O) groups excluding carboxylic acids is 1. The number of nitrogens with one attached hydrogen (secondary N) is 1. The van der Waals surface area contributed by atoms with Crippen molar-refractivity contribution in [2.24, 2.45) is 5.92 Å². The highest BCUT2D eigenvalue weighted by atomic mass is 127. The molecule has 1 aliphatic heterocycles. The first-order valence-electron chi connectivity index (χ1n) is 6.93. The molecule has 1 aromatic rings. The van der Waals surface area contributed by atoms with Gasteiger partial charge in [0.1, 0.15) is 5.75 Å². The van der Waals surface area contributed by atoms with Crippen LogP contribution in [0.3, 0.4) is 0 Å². The van der Waals surface area contributed by atoms with Crippen LogP contribution in [0.15, 0.2) is 18.2 Å². The van der Waals surface area contributed by atoms with Gasteiger partial charge in [-0.3, -0.25) is 4.79 Å². The van der Waals surface area contributed by atoms with Crippen LogP contribution in [0, 0.1) is 9.49 Å². The summed E-state index contributed by atoms with van der Waals surface area (Å²) in [7, 11) is 3.60. The monoisotopic (exact) mass is 424 g/mol. The number of methoxy groups -OCH3 is 1. The summed E-state index contributed by atoms with van der Waals surface area (Å²) in [4.78, 5) is 14.6. The maximum Gasteiger partial charge on any atom is 0.254 e. The fourth-order valence-electron chi connectivity index (χ4n) is 2.67. The molecule has 1 fully saturated rings. The van der Waals surface area contributed by atoms with Crippen molar-refractivity contribution >= 4 is 40.9 Å². The van der Waals surface area contributed by atoms with E-state index in [1.165, 1.54) is 6.42 Å². The maximum atomic E-state index is 12.6.